The molecule has 1 heterocycles. The molecule has 1 fully saturated rings. The predicted molar refractivity (Wildman–Crippen MR) is 71.0 cm³/mol. The van der Waals surface area contributed by atoms with Crippen LogP contribution in [0.4, 0.5) is 5.69 Å². The fraction of sp³-hybridized carbons (Fsp3) is 0.429. The van der Waals surface area contributed by atoms with Gasteiger partial charge in [-0.1, -0.05) is 0 Å². The second-order valence-electron chi connectivity index (χ2n) is 5.02. The van der Waals surface area contributed by atoms with Gasteiger partial charge in [0.2, 0.25) is 0 Å². The Morgan fingerprint density at radius 2 is 1.68 bits per heavy atom. The van der Waals surface area contributed by atoms with Crippen LogP contribution in [0.25, 0.3) is 0 Å². The van der Waals surface area contributed by atoms with Crippen molar-refractivity contribution < 1.29 is 19.8 Å². The van der Waals surface area contributed by atoms with Crippen LogP contribution in [0, 0.1) is 0 Å². The molecule has 0 bridgehead atoms. The molecule has 0 amide bonds. The van der Waals surface area contributed by atoms with Crippen molar-refractivity contribution in [1.82, 2.24) is 0 Å². The molecule has 2 rings (SSSR count). The molecule has 1 aromatic carbocycles. The van der Waals surface area contributed by atoms with Crippen LogP contribution in [0.2, 0.25) is 0 Å². The van der Waals surface area contributed by atoms with Crippen molar-refractivity contribution in [2.24, 2.45) is 0 Å². The van der Waals surface area contributed by atoms with E-state index in [2.05, 4.69) is 0 Å². The third-order valence-electron chi connectivity index (χ3n) is 3.71. The minimum absolute atomic E-state index is 0.117. The topological polar surface area (TPSA) is 77.8 Å². The van der Waals surface area contributed by atoms with E-state index in [1.807, 2.05) is 18.7 Å². The summed E-state index contributed by atoms with van der Waals surface area (Å²) >= 11 is 0. The Balaban J connectivity index is 2.54. The maximum atomic E-state index is 11.3. The van der Waals surface area contributed by atoms with Crippen molar-refractivity contribution in [3.63, 3.8) is 0 Å². The van der Waals surface area contributed by atoms with Gasteiger partial charge < -0.3 is 15.1 Å². The standard InChI is InChI=1S/C14H17NO4/c1-8-3-4-9(2)15(8)12-7-10(13(16)17)5-6-11(12)14(18)19/h5-9H,3-4H2,1-2H3,(H,16,17)(H,18,19)/t8-,9-/m0/s1. The number of carboxylic acid groups (broad SMARTS) is 2. The lowest BCUT2D eigenvalue weighted by atomic mass is 10.1. The normalized spacial score (nSPS) is 22.5. The number of rotatable bonds is 3. The number of carboxylic acids is 2. The van der Waals surface area contributed by atoms with Crippen LogP contribution >= 0.6 is 0 Å². The molecule has 1 saturated heterocycles. The molecule has 102 valence electrons. The summed E-state index contributed by atoms with van der Waals surface area (Å²) < 4.78 is 0. The van der Waals surface area contributed by atoms with Gasteiger partial charge in [0, 0.05) is 12.1 Å². The zero-order valence-corrected chi connectivity index (χ0v) is 11.0. The molecule has 0 unspecified atom stereocenters. The number of benzene rings is 1. The number of hydrogen-bond donors (Lipinski definition) is 2. The van der Waals surface area contributed by atoms with E-state index >= 15 is 0 Å². The van der Waals surface area contributed by atoms with E-state index in [-0.39, 0.29) is 23.2 Å². The second kappa shape index (κ2) is 4.91. The molecule has 1 aliphatic rings. The average Bonchev–Trinajstić information content (AvgIpc) is 2.68. The summed E-state index contributed by atoms with van der Waals surface area (Å²) in [5.41, 5.74) is 0.779. The summed E-state index contributed by atoms with van der Waals surface area (Å²) in [5, 5.41) is 18.3. The summed E-state index contributed by atoms with van der Waals surface area (Å²) in [6, 6.07) is 4.61. The largest absolute Gasteiger partial charge is 0.478 e. The minimum Gasteiger partial charge on any atom is -0.478 e. The van der Waals surface area contributed by atoms with Crippen molar-refractivity contribution in [3.8, 4) is 0 Å². The molecule has 1 aromatic rings. The second-order valence-corrected chi connectivity index (χ2v) is 5.02. The molecular formula is C14H17NO4. The molecule has 5 nitrogen and oxygen atoms in total. The van der Waals surface area contributed by atoms with Crippen LogP contribution in [0.1, 0.15) is 47.4 Å². The Morgan fingerprint density at radius 1 is 1.11 bits per heavy atom. The molecule has 5 heteroatoms. The summed E-state index contributed by atoms with van der Waals surface area (Å²) in [7, 11) is 0. The zero-order valence-electron chi connectivity index (χ0n) is 11.0. The van der Waals surface area contributed by atoms with Crippen molar-refractivity contribution in [1.29, 1.82) is 0 Å². The van der Waals surface area contributed by atoms with E-state index in [0.717, 1.165) is 12.8 Å². The first-order valence-electron chi connectivity index (χ1n) is 6.30. The third kappa shape index (κ3) is 2.41. The Bertz CT molecular complexity index is 516. The van der Waals surface area contributed by atoms with Crippen molar-refractivity contribution in [2.45, 2.75) is 38.8 Å². The minimum atomic E-state index is -1.04. The van der Waals surface area contributed by atoms with Gasteiger partial charge in [-0.2, -0.15) is 0 Å². The maximum absolute atomic E-state index is 11.3. The van der Waals surface area contributed by atoms with Gasteiger partial charge in [-0.3, -0.25) is 0 Å². The molecular weight excluding hydrogens is 246 g/mol. The van der Waals surface area contributed by atoms with Crippen LogP contribution in [0.15, 0.2) is 18.2 Å². The van der Waals surface area contributed by atoms with Crippen LogP contribution < -0.4 is 4.90 Å². The highest BCUT2D eigenvalue weighted by Gasteiger charge is 2.30. The van der Waals surface area contributed by atoms with Gasteiger partial charge in [0.15, 0.2) is 0 Å². The first-order chi connectivity index (χ1) is 8.91. The highest BCUT2D eigenvalue weighted by molar-refractivity contribution is 5.98. The Kier molecular flexibility index (Phi) is 3.46. The van der Waals surface area contributed by atoms with Crippen molar-refractivity contribution in [3.05, 3.63) is 29.3 Å². The molecule has 0 saturated carbocycles. The lowest BCUT2D eigenvalue weighted by molar-refractivity contribution is 0.0681. The molecule has 2 atom stereocenters. The van der Waals surface area contributed by atoms with Crippen molar-refractivity contribution >= 4 is 17.6 Å². The van der Waals surface area contributed by atoms with Gasteiger partial charge in [-0.25, -0.2) is 9.59 Å². The first kappa shape index (κ1) is 13.4. The predicted octanol–water partition coefficient (Wildman–Crippen LogP) is 2.46. The molecule has 19 heavy (non-hydrogen) atoms. The zero-order chi connectivity index (χ0) is 14.2. The molecule has 0 aromatic heterocycles. The van der Waals surface area contributed by atoms with Gasteiger partial charge in [0.1, 0.15) is 0 Å². The summed E-state index contributed by atoms with van der Waals surface area (Å²) in [4.78, 5) is 24.4. The fourth-order valence-electron chi connectivity index (χ4n) is 2.73. The highest BCUT2D eigenvalue weighted by atomic mass is 16.4. The Morgan fingerprint density at radius 3 is 2.16 bits per heavy atom. The molecule has 0 aliphatic carbocycles. The number of aromatic carboxylic acids is 2. The smallest absolute Gasteiger partial charge is 0.337 e. The van der Waals surface area contributed by atoms with Gasteiger partial charge in [0.25, 0.3) is 0 Å². The van der Waals surface area contributed by atoms with Crippen molar-refractivity contribution in [2.75, 3.05) is 4.90 Å². The monoisotopic (exact) mass is 263 g/mol. The van der Waals surface area contributed by atoms with E-state index in [1.165, 1.54) is 18.2 Å². The van der Waals surface area contributed by atoms with Gasteiger partial charge in [-0.05, 0) is 44.9 Å². The molecule has 1 aliphatic heterocycles. The summed E-state index contributed by atoms with van der Waals surface area (Å²) in [6.07, 6.45) is 1.97. The molecule has 2 N–H and O–H groups in total. The van der Waals surface area contributed by atoms with Crippen LogP contribution in [0.5, 0.6) is 0 Å². The fourth-order valence-corrected chi connectivity index (χ4v) is 2.73. The van der Waals surface area contributed by atoms with E-state index in [4.69, 9.17) is 5.11 Å². The quantitative estimate of drug-likeness (QED) is 0.875. The number of carbonyl (C=O) groups is 2. The summed E-state index contributed by atoms with van der Waals surface area (Å²) in [5.74, 6) is -2.07. The van der Waals surface area contributed by atoms with E-state index in [0.29, 0.717) is 5.69 Å². The first-order valence-corrected chi connectivity index (χ1v) is 6.30. The Hall–Kier alpha value is -2.04. The maximum Gasteiger partial charge on any atom is 0.337 e. The lowest BCUT2D eigenvalue weighted by Crippen LogP contribution is -2.34. The number of hydrogen-bond acceptors (Lipinski definition) is 3. The van der Waals surface area contributed by atoms with E-state index in [1.54, 1.807) is 0 Å². The van der Waals surface area contributed by atoms with E-state index < -0.39 is 11.9 Å². The van der Waals surface area contributed by atoms with Crippen LogP contribution in [0.3, 0.4) is 0 Å². The lowest BCUT2D eigenvalue weighted by Gasteiger charge is -2.30. The summed E-state index contributed by atoms with van der Waals surface area (Å²) in [6.45, 7) is 4.06. The Labute approximate surface area is 111 Å². The molecule has 0 radical (unpaired) electrons. The number of nitrogens with zero attached hydrogens (tertiary/aromatic N) is 1. The van der Waals surface area contributed by atoms with Gasteiger partial charge in [0.05, 0.1) is 16.8 Å². The van der Waals surface area contributed by atoms with Gasteiger partial charge >= 0.3 is 11.9 Å². The average molecular weight is 263 g/mol. The third-order valence-corrected chi connectivity index (χ3v) is 3.71. The van der Waals surface area contributed by atoms with Crippen LogP contribution in [-0.2, 0) is 0 Å². The van der Waals surface area contributed by atoms with E-state index in [9.17, 15) is 14.7 Å². The highest BCUT2D eigenvalue weighted by Crippen LogP contribution is 2.33. The van der Waals surface area contributed by atoms with Gasteiger partial charge in [-0.15, -0.1) is 0 Å². The SMILES string of the molecule is C[C@H]1CC[C@H](C)N1c1cc(C(=O)O)ccc1C(=O)O. The molecule has 0 spiro atoms. The van der Waals surface area contributed by atoms with Crippen LogP contribution in [-0.4, -0.2) is 34.2 Å². The number of anilines is 1.